The Labute approximate surface area is 270 Å². The van der Waals surface area contributed by atoms with E-state index in [1.165, 1.54) is 10.7 Å². The van der Waals surface area contributed by atoms with E-state index in [1.54, 1.807) is 24.4 Å². The lowest BCUT2D eigenvalue weighted by atomic mass is 9.93. The number of carbonyl (C=O) groups excluding carboxylic acids is 1. The molecule has 0 radical (unpaired) electrons. The van der Waals surface area contributed by atoms with Crippen molar-refractivity contribution in [1.29, 1.82) is 0 Å². The average Bonchev–Trinajstić information content (AvgIpc) is 3.50. The molecular formula is C31H40F3N7O4S. The molecule has 0 aromatic carbocycles. The predicted molar refractivity (Wildman–Crippen MR) is 170 cm³/mol. The largest absolute Gasteiger partial charge is 0.471 e. The Hall–Kier alpha value is -3.56. The second-order valence-corrected chi connectivity index (χ2v) is 13.6. The van der Waals surface area contributed by atoms with Crippen LogP contribution in [-0.4, -0.2) is 73.9 Å². The third-order valence-corrected chi connectivity index (χ3v) is 9.51. The number of amides is 1. The van der Waals surface area contributed by atoms with Crippen molar-refractivity contribution in [2.24, 2.45) is 16.3 Å². The number of hydrogen-bond acceptors (Lipinski definition) is 10. The number of nitrogens with zero attached hydrogens (tertiary/aromatic N) is 5. The smallest absolute Gasteiger partial charge is 0.394 e. The third-order valence-electron chi connectivity index (χ3n) is 8.66. The summed E-state index contributed by atoms with van der Waals surface area (Å²) in [6.07, 6.45) is 2.05. The molecule has 4 heterocycles. The number of pyridine rings is 1. The molecule has 1 amide bonds. The first-order chi connectivity index (χ1) is 21.6. The first-order valence-corrected chi connectivity index (χ1v) is 16.0. The summed E-state index contributed by atoms with van der Waals surface area (Å²) in [6, 6.07) is 4.76. The van der Waals surface area contributed by atoms with Crippen molar-refractivity contribution >= 4 is 29.5 Å². The van der Waals surface area contributed by atoms with Gasteiger partial charge in [-0.25, -0.2) is 9.67 Å². The summed E-state index contributed by atoms with van der Waals surface area (Å²) >= 11 is 1.12. The highest BCUT2D eigenvalue weighted by atomic mass is 32.2. The number of aromatic nitrogens is 3. The number of anilines is 1. The molecule has 46 heavy (non-hydrogen) atoms. The Morgan fingerprint density at radius 3 is 2.67 bits per heavy atom. The number of nitrogens with one attached hydrogen (secondary N) is 2. The number of fused-ring (bicyclic) bond motifs is 4. The molecule has 2 bridgehead atoms. The highest BCUT2D eigenvalue weighted by molar-refractivity contribution is 8.01. The number of alkyl halides is 3. The molecule has 1 saturated heterocycles. The number of halogens is 3. The Kier molecular flexibility index (Phi) is 9.49. The van der Waals surface area contributed by atoms with Crippen LogP contribution in [0, 0.1) is 11.3 Å². The number of aliphatic hydroxyl groups is 2. The van der Waals surface area contributed by atoms with Crippen molar-refractivity contribution < 1.29 is 32.9 Å². The molecule has 250 valence electrons. The molecule has 11 nitrogen and oxygen atoms in total. The van der Waals surface area contributed by atoms with E-state index in [9.17, 15) is 28.2 Å². The minimum absolute atomic E-state index is 0.0227. The molecule has 2 fully saturated rings. The number of allylic oxidation sites excluding steroid dienone is 1. The molecule has 4 N–H and O–H groups in total. The van der Waals surface area contributed by atoms with Crippen LogP contribution in [0.1, 0.15) is 69.7 Å². The van der Waals surface area contributed by atoms with Crippen molar-refractivity contribution in [2.75, 3.05) is 24.6 Å². The van der Waals surface area contributed by atoms with E-state index in [0.29, 0.717) is 47.1 Å². The van der Waals surface area contributed by atoms with E-state index < -0.39 is 30.4 Å². The second-order valence-electron chi connectivity index (χ2n) is 12.8. The van der Waals surface area contributed by atoms with Gasteiger partial charge in [-0.15, -0.1) is 5.10 Å². The van der Waals surface area contributed by atoms with Crippen LogP contribution in [0.4, 0.5) is 19.0 Å². The van der Waals surface area contributed by atoms with E-state index >= 15 is 0 Å². The summed E-state index contributed by atoms with van der Waals surface area (Å²) < 4.78 is 49.7. The molecule has 0 spiro atoms. The first kappa shape index (κ1) is 33.8. The van der Waals surface area contributed by atoms with Crippen LogP contribution in [0.2, 0.25) is 0 Å². The first-order valence-electron chi connectivity index (χ1n) is 15.2. The van der Waals surface area contributed by atoms with Gasteiger partial charge in [0, 0.05) is 49.3 Å². The van der Waals surface area contributed by atoms with Crippen molar-refractivity contribution in [3.63, 3.8) is 0 Å². The van der Waals surface area contributed by atoms with E-state index in [-0.39, 0.29) is 30.2 Å². The summed E-state index contributed by atoms with van der Waals surface area (Å²) in [4.78, 5) is 25.2. The molecule has 2 aromatic rings. The van der Waals surface area contributed by atoms with Gasteiger partial charge in [-0.2, -0.15) is 13.2 Å². The van der Waals surface area contributed by atoms with Crippen LogP contribution in [0.25, 0.3) is 5.82 Å². The fourth-order valence-corrected chi connectivity index (χ4v) is 6.67. The SMILES string of the molecule is C=CC1=NCCCC2CN(c3nc(-n4ccc(OCC(O)(O)CC5(C(F)(F)F)CC5)n4)ccc3C(=O)NS/C(=C/C)N1)C(C)(C)C2. The van der Waals surface area contributed by atoms with Crippen LogP contribution < -0.4 is 19.7 Å². The minimum atomic E-state index is -4.52. The Morgan fingerprint density at radius 2 is 2.00 bits per heavy atom. The Morgan fingerprint density at radius 1 is 1.24 bits per heavy atom. The third kappa shape index (κ3) is 7.52. The van der Waals surface area contributed by atoms with Crippen LogP contribution in [0.15, 0.2) is 53.1 Å². The molecule has 2 aromatic heterocycles. The number of aliphatic imine (C=N–C) groups is 1. The van der Waals surface area contributed by atoms with Crippen LogP contribution in [0.3, 0.4) is 0 Å². The summed E-state index contributed by atoms with van der Waals surface area (Å²) in [5, 5.41) is 28.7. The van der Waals surface area contributed by atoms with Crippen molar-refractivity contribution in [1.82, 2.24) is 24.8 Å². The van der Waals surface area contributed by atoms with Crippen LogP contribution in [0.5, 0.6) is 5.88 Å². The lowest BCUT2D eigenvalue weighted by molar-refractivity contribution is -0.246. The van der Waals surface area contributed by atoms with Gasteiger partial charge < -0.3 is 25.2 Å². The van der Waals surface area contributed by atoms with E-state index in [4.69, 9.17) is 9.72 Å². The monoisotopic (exact) mass is 663 g/mol. The predicted octanol–water partition coefficient (Wildman–Crippen LogP) is 4.87. The van der Waals surface area contributed by atoms with Crippen LogP contribution in [-0.2, 0) is 0 Å². The standard InChI is InChI=1S/C31H40F3N7O4S/c1-5-22-35-14-7-8-20-16-28(3,4)40(17-20)26-21(27(42)39-46-25(6-2)36-22)9-10-23(37-26)41-15-11-24(38-41)45-19-30(43,44)18-29(12-13-29)31(32,33)34/h5-6,9-11,15,20,43-44H,1,7-8,12-14,16-19H2,2-4H3,(H,35,36)(H,39,42)/b25-6+. The lowest BCUT2D eigenvalue weighted by Crippen LogP contribution is -2.42. The summed E-state index contributed by atoms with van der Waals surface area (Å²) in [6.45, 7) is 10.5. The Balaban J connectivity index is 1.39. The fourth-order valence-electron chi connectivity index (χ4n) is 6.08. The maximum Gasteiger partial charge on any atom is 0.394 e. The van der Waals surface area contributed by atoms with E-state index in [1.807, 2.05) is 13.0 Å². The normalized spacial score (nSPS) is 22.6. The molecule has 1 atom stereocenters. The molecule has 5 rings (SSSR count). The Bertz CT molecular complexity index is 1520. The fraction of sp³-hybridized carbons (Fsp3) is 0.548. The molecule has 1 unspecified atom stereocenters. The molecular weight excluding hydrogens is 623 g/mol. The van der Waals surface area contributed by atoms with Gasteiger partial charge in [0.1, 0.15) is 18.3 Å². The lowest BCUT2D eigenvalue weighted by Gasteiger charge is -2.34. The molecule has 15 heteroatoms. The van der Waals surface area contributed by atoms with E-state index in [0.717, 1.165) is 31.2 Å². The van der Waals surface area contributed by atoms with Gasteiger partial charge in [0.25, 0.3) is 5.91 Å². The summed E-state index contributed by atoms with van der Waals surface area (Å²) in [5.41, 5.74) is -2.03. The number of hydrogen-bond donors (Lipinski definition) is 4. The van der Waals surface area contributed by atoms with Gasteiger partial charge in [-0.05, 0) is 77.0 Å². The van der Waals surface area contributed by atoms with Crippen molar-refractivity contribution in [3.05, 3.63) is 53.7 Å². The number of carbonyl (C=O) groups is 1. The highest BCUT2D eigenvalue weighted by Crippen LogP contribution is 2.61. The number of amidine groups is 1. The zero-order valence-corrected chi connectivity index (χ0v) is 26.9. The quantitative estimate of drug-likeness (QED) is 0.242. The second kappa shape index (κ2) is 12.9. The maximum absolute atomic E-state index is 13.6. The van der Waals surface area contributed by atoms with Gasteiger partial charge in [0.15, 0.2) is 11.6 Å². The van der Waals surface area contributed by atoms with Gasteiger partial charge >= 0.3 is 6.18 Å². The van der Waals surface area contributed by atoms with Gasteiger partial charge in [-0.3, -0.25) is 14.5 Å². The van der Waals surface area contributed by atoms with Crippen molar-refractivity contribution in [3.8, 4) is 11.7 Å². The molecule has 1 aliphatic carbocycles. The molecule has 3 aliphatic rings. The maximum atomic E-state index is 13.6. The summed E-state index contributed by atoms with van der Waals surface area (Å²) in [7, 11) is 0. The minimum Gasteiger partial charge on any atom is -0.471 e. The number of rotatable bonds is 7. The van der Waals surface area contributed by atoms with E-state index in [2.05, 4.69) is 45.5 Å². The zero-order valence-electron chi connectivity index (χ0n) is 26.1. The zero-order chi connectivity index (χ0) is 33.3. The van der Waals surface area contributed by atoms with Gasteiger partial charge in [0.05, 0.1) is 16.0 Å². The molecule has 1 saturated carbocycles. The summed E-state index contributed by atoms with van der Waals surface area (Å²) in [5.74, 6) is -1.21. The molecule has 2 aliphatic heterocycles. The van der Waals surface area contributed by atoms with Gasteiger partial charge in [0.2, 0.25) is 5.88 Å². The topological polar surface area (TPSA) is 137 Å². The van der Waals surface area contributed by atoms with Gasteiger partial charge in [-0.1, -0.05) is 12.7 Å². The van der Waals surface area contributed by atoms with Crippen molar-refractivity contribution in [2.45, 2.75) is 76.8 Å². The number of ether oxygens (including phenoxy) is 1. The highest BCUT2D eigenvalue weighted by Gasteiger charge is 2.65. The van der Waals surface area contributed by atoms with Crippen LogP contribution >= 0.6 is 11.9 Å². The average molecular weight is 664 g/mol.